The minimum Gasteiger partial charge on any atom is -0.394 e. The van der Waals surface area contributed by atoms with Crippen molar-refractivity contribution in [1.82, 2.24) is 9.88 Å². The predicted molar refractivity (Wildman–Crippen MR) is 135 cm³/mol. The molecular formula is C27H27N3O7. The van der Waals surface area contributed by atoms with Crippen molar-refractivity contribution >= 4 is 33.5 Å². The molecule has 4 aromatic rings. The molecule has 2 amide bonds. The third-order valence-corrected chi connectivity index (χ3v) is 6.78. The van der Waals surface area contributed by atoms with Gasteiger partial charge in [0.05, 0.1) is 12.2 Å². The molecule has 192 valence electrons. The lowest BCUT2D eigenvalue weighted by Gasteiger charge is -2.40. The van der Waals surface area contributed by atoms with Gasteiger partial charge in [-0.15, -0.1) is 0 Å². The fourth-order valence-corrected chi connectivity index (χ4v) is 4.77. The van der Waals surface area contributed by atoms with E-state index in [0.29, 0.717) is 17.4 Å². The second-order valence-corrected chi connectivity index (χ2v) is 9.18. The van der Waals surface area contributed by atoms with Crippen molar-refractivity contribution < 1.29 is 34.8 Å². The van der Waals surface area contributed by atoms with Crippen LogP contribution < -0.4 is 11.1 Å². The molecule has 1 saturated heterocycles. The maximum Gasteiger partial charge on any atom is 0.253 e. The maximum absolute atomic E-state index is 13.3. The highest BCUT2D eigenvalue weighted by molar-refractivity contribution is 6.08. The van der Waals surface area contributed by atoms with Gasteiger partial charge >= 0.3 is 0 Å². The van der Waals surface area contributed by atoms with Gasteiger partial charge in [-0.1, -0.05) is 42.5 Å². The highest BCUT2D eigenvalue weighted by Gasteiger charge is 2.44. The Balaban J connectivity index is 1.50. The number of hydrogen-bond donors (Lipinski definition) is 6. The molecule has 10 heteroatoms. The molecule has 1 fully saturated rings. The molecule has 2 heterocycles. The molecule has 0 aliphatic carbocycles. The van der Waals surface area contributed by atoms with Crippen LogP contribution in [0.25, 0.3) is 21.7 Å². The number of amides is 2. The number of nitrogens with one attached hydrogen (secondary N) is 1. The summed E-state index contributed by atoms with van der Waals surface area (Å²) in [5.41, 5.74) is 7.56. The first-order chi connectivity index (χ1) is 17.8. The Hall–Kier alpha value is -3.80. The van der Waals surface area contributed by atoms with E-state index in [-0.39, 0.29) is 11.1 Å². The van der Waals surface area contributed by atoms with Crippen molar-refractivity contribution in [2.24, 2.45) is 5.73 Å². The Bertz CT molecular complexity index is 1480. The first-order valence-electron chi connectivity index (χ1n) is 11.8. The smallest absolute Gasteiger partial charge is 0.253 e. The quantitative estimate of drug-likeness (QED) is 0.221. The number of hydrogen-bond acceptors (Lipinski definition) is 7. The van der Waals surface area contributed by atoms with Gasteiger partial charge in [-0.05, 0) is 34.5 Å². The van der Waals surface area contributed by atoms with Crippen molar-refractivity contribution in [3.8, 4) is 0 Å². The molecular weight excluding hydrogens is 478 g/mol. The fourth-order valence-electron chi connectivity index (χ4n) is 4.77. The summed E-state index contributed by atoms with van der Waals surface area (Å²) in [6.45, 7) is -0.216. The van der Waals surface area contributed by atoms with E-state index in [0.717, 1.165) is 16.3 Å². The number of fused-ring (bicyclic) bond motifs is 2. The summed E-state index contributed by atoms with van der Waals surface area (Å²) in [6.07, 6.45) is -4.29. The molecule has 5 rings (SSSR count). The van der Waals surface area contributed by atoms with Crippen molar-refractivity contribution in [1.29, 1.82) is 0 Å². The number of aromatic nitrogens is 1. The molecule has 0 spiro atoms. The number of rotatable bonds is 6. The number of primary amides is 1. The lowest BCUT2D eigenvalue weighted by atomic mass is 9.96. The van der Waals surface area contributed by atoms with Crippen LogP contribution in [0.15, 0.2) is 66.9 Å². The number of benzene rings is 3. The molecule has 3 aromatic carbocycles. The molecule has 5 atom stereocenters. The number of nitrogens with two attached hydrogens (primary N) is 1. The number of nitrogens with zero attached hydrogens (tertiary/aromatic N) is 1. The summed E-state index contributed by atoms with van der Waals surface area (Å²) in [6, 6.07) is 17.4. The molecule has 37 heavy (non-hydrogen) atoms. The van der Waals surface area contributed by atoms with Gasteiger partial charge in [0.1, 0.15) is 24.4 Å². The van der Waals surface area contributed by atoms with Crippen molar-refractivity contribution in [2.45, 2.75) is 37.2 Å². The Morgan fingerprint density at radius 2 is 1.73 bits per heavy atom. The molecule has 0 radical (unpaired) electrons. The summed E-state index contributed by atoms with van der Waals surface area (Å²) in [4.78, 5) is 25.2. The van der Waals surface area contributed by atoms with Crippen LogP contribution in [0.4, 0.5) is 0 Å². The number of aliphatic hydroxyl groups is 4. The average molecular weight is 506 g/mol. The van der Waals surface area contributed by atoms with E-state index in [1.807, 2.05) is 47.0 Å². The largest absolute Gasteiger partial charge is 0.394 e. The standard InChI is InChI=1S/C27H27N3O7/c28-25(34)17-7-8-18-19(26(35)29-22-24(33)23(32)21(13-31)37-27(22)36)12-30(20(18)10-17)11-14-5-6-15-3-1-2-4-16(15)9-14/h1-10,12,21-24,27,31-33,36H,11,13H2,(H2,28,34)(H,29,35)/t21-,22-,23-,24?,27?/m1/s1. The Labute approximate surface area is 211 Å². The van der Waals surface area contributed by atoms with Gasteiger partial charge in [-0.2, -0.15) is 0 Å². The number of aliphatic hydroxyl groups excluding tert-OH is 4. The monoisotopic (exact) mass is 505 g/mol. The fraction of sp³-hybridized carbons (Fsp3) is 0.259. The highest BCUT2D eigenvalue weighted by Crippen LogP contribution is 2.26. The second-order valence-electron chi connectivity index (χ2n) is 9.18. The minimum absolute atomic E-state index is 0.227. The van der Waals surface area contributed by atoms with E-state index in [2.05, 4.69) is 5.32 Å². The zero-order valence-electron chi connectivity index (χ0n) is 19.7. The summed E-state index contributed by atoms with van der Waals surface area (Å²) in [5, 5.41) is 45.4. The van der Waals surface area contributed by atoms with Crippen LogP contribution in [0.2, 0.25) is 0 Å². The topological polar surface area (TPSA) is 167 Å². The molecule has 1 aliphatic rings. The van der Waals surface area contributed by atoms with E-state index < -0.39 is 49.1 Å². The van der Waals surface area contributed by atoms with Crippen LogP contribution in [-0.4, -0.2) is 74.1 Å². The van der Waals surface area contributed by atoms with Crippen LogP contribution in [-0.2, 0) is 11.3 Å². The summed E-state index contributed by atoms with van der Waals surface area (Å²) >= 11 is 0. The molecule has 2 unspecified atom stereocenters. The molecule has 10 nitrogen and oxygen atoms in total. The van der Waals surface area contributed by atoms with Crippen molar-refractivity contribution in [3.05, 3.63) is 83.6 Å². The minimum atomic E-state index is -1.65. The van der Waals surface area contributed by atoms with E-state index in [4.69, 9.17) is 10.5 Å². The first-order valence-corrected chi connectivity index (χ1v) is 11.8. The lowest BCUT2D eigenvalue weighted by molar-refractivity contribution is -0.252. The molecule has 0 bridgehead atoms. The predicted octanol–water partition coefficient (Wildman–Crippen LogP) is 0.471. The van der Waals surface area contributed by atoms with E-state index in [9.17, 15) is 30.0 Å². The van der Waals surface area contributed by atoms with E-state index in [1.54, 1.807) is 18.3 Å². The molecule has 1 aromatic heterocycles. The van der Waals surface area contributed by atoms with Gasteiger partial charge < -0.3 is 40.8 Å². The highest BCUT2D eigenvalue weighted by atomic mass is 16.6. The SMILES string of the molecule is NC(=O)c1ccc2c(C(=O)N[C@H]3C(O)O[C@H](CO)[C@@H](O)C3O)cn(Cc3ccc4ccccc4c3)c2c1. The zero-order valence-corrected chi connectivity index (χ0v) is 19.7. The lowest BCUT2D eigenvalue weighted by Crippen LogP contribution is -2.64. The number of carbonyl (C=O) groups excluding carboxylic acids is 2. The summed E-state index contributed by atoms with van der Waals surface area (Å²) < 4.78 is 6.96. The summed E-state index contributed by atoms with van der Waals surface area (Å²) in [5.74, 6) is -1.24. The van der Waals surface area contributed by atoms with Crippen LogP contribution in [0.3, 0.4) is 0 Å². The Morgan fingerprint density at radius 3 is 2.46 bits per heavy atom. The van der Waals surface area contributed by atoms with Crippen molar-refractivity contribution in [2.75, 3.05) is 6.61 Å². The van der Waals surface area contributed by atoms with Crippen LogP contribution in [0.5, 0.6) is 0 Å². The molecule has 1 aliphatic heterocycles. The van der Waals surface area contributed by atoms with Gasteiger partial charge in [-0.3, -0.25) is 9.59 Å². The number of carbonyl (C=O) groups is 2. The van der Waals surface area contributed by atoms with E-state index >= 15 is 0 Å². The first kappa shape index (κ1) is 24.9. The second kappa shape index (κ2) is 9.92. The molecule has 0 saturated carbocycles. The maximum atomic E-state index is 13.3. The van der Waals surface area contributed by atoms with Crippen molar-refractivity contribution in [3.63, 3.8) is 0 Å². The Kier molecular flexibility index (Phi) is 6.67. The molecule has 7 N–H and O–H groups in total. The zero-order chi connectivity index (χ0) is 26.3. The van der Waals surface area contributed by atoms with Crippen LogP contribution in [0.1, 0.15) is 26.3 Å². The van der Waals surface area contributed by atoms with Gasteiger partial charge in [-0.25, -0.2) is 0 Å². The van der Waals surface area contributed by atoms with Crippen LogP contribution >= 0.6 is 0 Å². The number of ether oxygens (including phenoxy) is 1. The summed E-state index contributed by atoms with van der Waals surface area (Å²) in [7, 11) is 0. The third-order valence-electron chi connectivity index (χ3n) is 6.78. The van der Waals surface area contributed by atoms with Gasteiger partial charge in [0, 0.05) is 29.2 Å². The van der Waals surface area contributed by atoms with E-state index in [1.165, 1.54) is 6.07 Å². The van der Waals surface area contributed by atoms with Gasteiger partial charge in [0.25, 0.3) is 5.91 Å². The average Bonchev–Trinajstić information content (AvgIpc) is 3.26. The third kappa shape index (κ3) is 4.68. The van der Waals surface area contributed by atoms with Gasteiger partial charge in [0.15, 0.2) is 6.29 Å². The van der Waals surface area contributed by atoms with Crippen LogP contribution in [0, 0.1) is 0 Å². The Morgan fingerprint density at radius 1 is 0.973 bits per heavy atom. The normalized spacial score (nSPS) is 23.8. The van der Waals surface area contributed by atoms with Gasteiger partial charge in [0.2, 0.25) is 5.91 Å².